The minimum Gasteiger partial charge on any atom is -0.481 e. The molecule has 0 aromatic carbocycles. The van der Waals surface area contributed by atoms with Gasteiger partial charge in [-0.05, 0) is 6.42 Å². The molecule has 114 valence electrons. The first-order chi connectivity index (χ1) is 9.27. The average molecular weight is 279 g/mol. The predicted octanol–water partition coefficient (Wildman–Crippen LogP) is 0.442. The van der Waals surface area contributed by atoms with E-state index in [-0.39, 0.29) is 13.0 Å². The maximum atomic E-state index is 10.2. The van der Waals surface area contributed by atoms with Gasteiger partial charge in [0.2, 0.25) is 0 Å². The molecule has 0 aromatic heterocycles. The first-order valence-corrected chi connectivity index (χ1v) is 6.57. The fourth-order valence-electron chi connectivity index (χ4n) is 1.06. The van der Waals surface area contributed by atoms with Crippen molar-refractivity contribution >= 4 is 5.97 Å². The van der Waals surface area contributed by atoms with Crippen molar-refractivity contribution in [3.63, 3.8) is 0 Å². The van der Waals surface area contributed by atoms with Crippen LogP contribution in [0.3, 0.4) is 0 Å². The Hall–Kier alpha value is -0.730. The van der Waals surface area contributed by atoms with Gasteiger partial charge in [-0.25, -0.2) is 5.48 Å². The minimum absolute atomic E-state index is 0.0240. The summed E-state index contributed by atoms with van der Waals surface area (Å²) in [6.45, 7) is 6.05. The van der Waals surface area contributed by atoms with Crippen LogP contribution in [0.1, 0.15) is 19.8 Å². The van der Waals surface area contributed by atoms with Crippen molar-refractivity contribution in [2.75, 3.05) is 52.8 Å². The number of aliphatic carboxylic acids is 1. The lowest BCUT2D eigenvalue weighted by Gasteiger charge is -2.07. The van der Waals surface area contributed by atoms with Crippen LogP contribution < -0.4 is 5.48 Å². The van der Waals surface area contributed by atoms with Crippen molar-refractivity contribution in [1.82, 2.24) is 5.48 Å². The van der Waals surface area contributed by atoms with Gasteiger partial charge in [-0.1, -0.05) is 6.92 Å². The molecular weight excluding hydrogens is 254 g/mol. The van der Waals surface area contributed by atoms with Gasteiger partial charge in [-0.2, -0.15) is 0 Å². The van der Waals surface area contributed by atoms with Crippen molar-refractivity contribution in [3.8, 4) is 0 Å². The third-order valence-electron chi connectivity index (χ3n) is 1.96. The van der Waals surface area contributed by atoms with Crippen molar-refractivity contribution in [2.24, 2.45) is 0 Å². The lowest BCUT2D eigenvalue weighted by atomic mass is 10.5. The van der Waals surface area contributed by atoms with Crippen LogP contribution in [0.25, 0.3) is 0 Å². The molecule has 7 nitrogen and oxygen atoms in total. The molecule has 19 heavy (non-hydrogen) atoms. The van der Waals surface area contributed by atoms with Crippen LogP contribution in [-0.2, 0) is 23.8 Å². The van der Waals surface area contributed by atoms with Gasteiger partial charge in [0.25, 0.3) is 0 Å². The van der Waals surface area contributed by atoms with E-state index in [9.17, 15) is 4.79 Å². The average Bonchev–Trinajstić information content (AvgIpc) is 2.39. The van der Waals surface area contributed by atoms with E-state index in [1.54, 1.807) is 0 Å². The second-order valence-electron chi connectivity index (χ2n) is 3.72. The van der Waals surface area contributed by atoms with Crippen molar-refractivity contribution in [2.45, 2.75) is 19.8 Å². The molecule has 0 fully saturated rings. The van der Waals surface area contributed by atoms with Gasteiger partial charge in [0, 0.05) is 6.54 Å². The molecule has 0 aliphatic rings. The van der Waals surface area contributed by atoms with Crippen molar-refractivity contribution in [1.29, 1.82) is 0 Å². The maximum Gasteiger partial charge on any atom is 0.305 e. The number of ether oxygens (including phenoxy) is 3. The summed E-state index contributed by atoms with van der Waals surface area (Å²) in [7, 11) is 0. The van der Waals surface area contributed by atoms with Gasteiger partial charge in [-0.3, -0.25) is 4.79 Å². The molecule has 0 atom stereocenters. The Morgan fingerprint density at radius 2 is 1.53 bits per heavy atom. The standard InChI is InChI=1S/C12H25NO6/c1-2-5-19-13-4-7-17-9-11-18-10-8-16-6-3-12(14)15/h13H,2-11H2,1H3,(H,14,15). The molecule has 0 saturated carbocycles. The second-order valence-corrected chi connectivity index (χ2v) is 3.72. The molecule has 0 spiro atoms. The highest BCUT2D eigenvalue weighted by molar-refractivity contribution is 5.66. The van der Waals surface area contributed by atoms with Crippen LogP contribution in [0.5, 0.6) is 0 Å². The zero-order valence-electron chi connectivity index (χ0n) is 11.6. The van der Waals surface area contributed by atoms with Gasteiger partial charge < -0.3 is 24.2 Å². The van der Waals surface area contributed by atoms with Crippen LogP contribution in [0.15, 0.2) is 0 Å². The van der Waals surface area contributed by atoms with Crippen LogP contribution in [0.2, 0.25) is 0 Å². The Bertz CT molecular complexity index is 203. The Balaban J connectivity index is 2.93. The highest BCUT2D eigenvalue weighted by atomic mass is 16.6. The van der Waals surface area contributed by atoms with Crippen molar-refractivity contribution in [3.05, 3.63) is 0 Å². The summed E-state index contributed by atoms with van der Waals surface area (Å²) in [6.07, 6.45) is 1.01. The van der Waals surface area contributed by atoms with E-state index in [4.69, 9.17) is 24.2 Å². The number of nitrogens with one attached hydrogen (secondary N) is 1. The van der Waals surface area contributed by atoms with Gasteiger partial charge in [0.15, 0.2) is 0 Å². The monoisotopic (exact) mass is 279 g/mol. The van der Waals surface area contributed by atoms with Gasteiger partial charge in [0.1, 0.15) is 0 Å². The molecule has 0 rings (SSSR count). The number of hydrogen-bond acceptors (Lipinski definition) is 6. The molecule has 0 aliphatic heterocycles. The molecule has 0 aromatic rings. The molecule has 2 N–H and O–H groups in total. The number of hydroxylamine groups is 1. The topological polar surface area (TPSA) is 86.3 Å². The molecular formula is C12H25NO6. The number of carboxylic acid groups (broad SMARTS) is 1. The van der Waals surface area contributed by atoms with Gasteiger partial charge >= 0.3 is 5.97 Å². The van der Waals surface area contributed by atoms with Crippen molar-refractivity contribution < 1.29 is 28.9 Å². The largest absolute Gasteiger partial charge is 0.481 e. The summed E-state index contributed by atoms with van der Waals surface area (Å²) in [5.74, 6) is -0.856. The quantitative estimate of drug-likeness (QED) is 0.332. The zero-order chi connectivity index (χ0) is 14.2. The van der Waals surface area contributed by atoms with Gasteiger partial charge in [-0.15, -0.1) is 0 Å². The Labute approximate surface area is 114 Å². The van der Waals surface area contributed by atoms with E-state index in [1.807, 2.05) is 6.92 Å². The fourth-order valence-corrected chi connectivity index (χ4v) is 1.06. The first kappa shape index (κ1) is 18.3. The van der Waals surface area contributed by atoms with E-state index in [0.29, 0.717) is 46.2 Å². The molecule has 0 saturated heterocycles. The SMILES string of the molecule is CCCONCCOCCOCCOCCC(=O)O. The third kappa shape index (κ3) is 17.3. The predicted molar refractivity (Wildman–Crippen MR) is 69.0 cm³/mol. The fraction of sp³-hybridized carbons (Fsp3) is 0.917. The van der Waals surface area contributed by atoms with Gasteiger partial charge in [0.05, 0.1) is 52.7 Å². The summed E-state index contributed by atoms with van der Waals surface area (Å²) in [4.78, 5) is 15.2. The molecule has 0 amide bonds. The maximum absolute atomic E-state index is 10.2. The number of hydrogen-bond donors (Lipinski definition) is 2. The molecule has 0 aliphatic carbocycles. The summed E-state index contributed by atoms with van der Waals surface area (Å²) in [5, 5.41) is 8.36. The number of rotatable bonds is 15. The molecule has 7 heteroatoms. The summed E-state index contributed by atoms with van der Waals surface area (Å²) in [6, 6.07) is 0. The van der Waals surface area contributed by atoms with Crippen LogP contribution in [0.4, 0.5) is 0 Å². The molecule has 0 heterocycles. The Kier molecular flexibility index (Phi) is 14.7. The van der Waals surface area contributed by atoms with E-state index >= 15 is 0 Å². The van der Waals surface area contributed by atoms with Crippen LogP contribution >= 0.6 is 0 Å². The highest BCUT2D eigenvalue weighted by Crippen LogP contribution is 1.84. The molecule has 0 unspecified atom stereocenters. The highest BCUT2D eigenvalue weighted by Gasteiger charge is 1.96. The number of carboxylic acids is 1. The lowest BCUT2D eigenvalue weighted by Crippen LogP contribution is -2.21. The first-order valence-electron chi connectivity index (χ1n) is 6.57. The van der Waals surface area contributed by atoms with E-state index < -0.39 is 5.97 Å². The third-order valence-corrected chi connectivity index (χ3v) is 1.96. The number of carbonyl (C=O) groups is 1. The lowest BCUT2D eigenvalue weighted by molar-refractivity contribution is -0.138. The smallest absolute Gasteiger partial charge is 0.305 e. The summed E-state index contributed by atoms with van der Waals surface area (Å²) in [5.41, 5.74) is 2.79. The molecule has 0 bridgehead atoms. The second kappa shape index (κ2) is 15.3. The van der Waals surface area contributed by atoms with E-state index in [0.717, 1.165) is 6.42 Å². The normalized spacial score (nSPS) is 10.8. The summed E-state index contributed by atoms with van der Waals surface area (Å²) >= 11 is 0. The van der Waals surface area contributed by atoms with E-state index in [1.165, 1.54) is 0 Å². The summed E-state index contributed by atoms with van der Waals surface area (Å²) < 4.78 is 15.6. The zero-order valence-corrected chi connectivity index (χ0v) is 11.6. The van der Waals surface area contributed by atoms with Crippen LogP contribution in [-0.4, -0.2) is 63.9 Å². The van der Waals surface area contributed by atoms with E-state index in [2.05, 4.69) is 5.48 Å². The minimum atomic E-state index is -0.856. The Morgan fingerprint density at radius 1 is 0.947 bits per heavy atom. The van der Waals surface area contributed by atoms with Crippen LogP contribution in [0, 0.1) is 0 Å². The molecule has 0 radical (unpaired) electrons. The Morgan fingerprint density at radius 3 is 2.11 bits per heavy atom.